The number of thiazole rings is 1. The molecule has 0 bridgehead atoms. The van der Waals surface area contributed by atoms with E-state index >= 15 is 0 Å². The van der Waals surface area contributed by atoms with E-state index in [0.29, 0.717) is 28.9 Å². The van der Waals surface area contributed by atoms with E-state index in [-0.39, 0.29) is 12.3 Å². The third-order valence-corrected chi connectivity index (χ3v) is 6.15. The zero-order valence-corrected chi connectivity index (χ0v) is 19.5. The van der Waals surface area contributed by atoms with Crippen molar-refractivity contribution in [3.63, 3.8) is 0 Å². The highest BCUT2D eigenvalue weighted by atomic mass is 32.1. The van der Waals surface area contributed by atoms with Gasteiger partial charge in [0.1, 0.15) is 5.75 Å². The summed E-state index contributed by atoms with van der Waals surface area (Å²) < 4.78 is 13.2. The highest BCUT2D eigenvalue weighted by molar-refractivity contribution is 7.71. The molecule has 0 aliphatic carbocycles. The van der Waals surface area contributed by atoms with Gasteiger partial charge in [0, 0.05) is 43.5 Å². The van der Waals surface area contributed by atoms with E-state index in [2.05, 4.69) is 25.4 Å². The maximum Gasteiger partial charge on any atom is 0.227 e. The lowest BCUT2D eigenvalue weighted by molar-refractivity contribution is -0.116. The Morgan fingerprint density at radius 3 is 2.84 bits per heavy atom. The number of hydrogen-bond donors (Lipinski definition) is 2. The minimum atomic E-state index is -0.113. The fraction of sp³-hybridized carbons (Fsp3) is 0.429. The van der Waals surface area contributed by atoms with E-state index in [1.54, 1.807) is 0 Å². The molecule has 1 amide bonds. The fourth-order valence-corrected chi connectivity index (χ4v) is 4.37. The monoisotopic (exact) mass is 474 g/mol. The summed E-state index contributed by atoms with van der Waals surface area (Å²) in [6, 6.07) is 7.64. The van der Waals surface area contributed by atoms with Crippen molar-refractivity contribution in [1.29, 1.82) is 0 Å². The molecule has 32 heavy (non-hydrogen) atoms. The number of amides is 1. The Balaban J connectivity index is 1.33. The van der Waals surface area contributed by atoms with Crippen molar-refractivity contribution in [2.24, 2.45) is 0 Å². The van der Waals surface area contributed by atoms with E-state index in [4.69, 9.17) is 21.7 Å². The number of ether oxygens (including phenoxy) is 2. The molecule has 0 unspecified atom stereocenters. The molecule has 0 atom stereocenters. The van der Waals surface area contributed by atoms with Crippen molar-refractivity contribution in [3.8, 4) is 17.1 Å². The lowest BCUT2D eigenvalue weighted by Gasteiger charge is -2.25. The van der Waals surface area contributed by atoms with Crippen LogP contribution >= 0.6 is 23.6 Å². The maximum absolute atomic E-state index is 12.5. The Morgan fingerprint density at radius 2 is 2.09 bits per heavy atom. The van der Waals surface area contributed by atoms with Crippen LogP contribution in [0, 0.1) is 4.77 Å². The Bertz CT molecular complexity index is 1090. The number of rotatable bonds is 9. The first-order valence-electron chi connectivity index (χ1n) is 10.5. The number of H-pyrrole nitrogens is 1. The molecule has 4 rings (SSSR count). The smallest absolute Gasteiger partial charge is 0.227 e. The van der Waals surface area contributed by atoms with Crippen molar-refractivity contribution in [3.05, 3.63) is 40.1 Å². The maximum atomic E-state index is 12.5. The number of aromatic amines is 1. The second-order valence-electron chi connectivity index (χ2n) is 7.29. The van der Waals surface area contributed by atoms with Gasteiger partial charge in [0.25, 0.3) is 0 Å². The van der Waals surface area contributed by atoms with E-state index in [1.807, 2.05) is 41.1 Å². The van der Waals surface area contributed by atoms with Crippen LogP contribution in [-0.4, -0.2) is 63.5 Å². The quantitative estimate of drug-likeness (QED) is 0.459. The third-order valence-electron chi connectivity index (χ3n) is 5.03. The van der Waals surface area contributed by atoms with Gasteiger partial charge in [0.15, 0.2) is 15.7 Å². The van der Waals surface area contributed by atoms with Crippen LogP contribution < -0.4 is 10.1 Å². The minimum Gasteiger partial charge on any atom is -0.494 e. The molecular formula is C21H26N6O3S2. The summed E-state index contributed by atoms with van der Waals surface area (Å²) in [4.78, 5) is 19.4. The Labute approximate surface area is 195 Å². The number of hydrogen-bond acceptors (Lipinski definition) is 8. The largest absolute Gasteiger partial charge is 0.494 e. The second-order valence-corrected chi connectivity index (χ2v) is 8.54. The van der Waals surface area contributed by atoms with Crippen LogP contribution in [0.2, 0.25) is 0 Å². The van der Waals surface area contributed by atoms with E-state index in [9.17, 15) is 4.79 Å². The average Bonchev–Trinajstić information content (AvgIpc) is 3.39. The number of morpholine rings is 1. The molecule has 11 heteroatoms. The van der Waals surface area contributed by atoms with Crippen LogP contribution in [0.5, 0.6) is 5.75 Å². The topological polar surface area (TPSA) is 97.3 Å². The van der Waals surface area contributed by atoms with Gasteiger partial charge in [-0.05, 0) is 43.4 Å². The van der Waals surface area contributed by atoms with Crippen LogP contribution in [-0.2, 0) is 22.6 Å². The molecule has 1 aromatic carbocycles. The number of nitrogens with one attached hydrogen (secondary N) is 2. The lowest BCUT2D eigenvalue weighted by atomic mass is 10.2. The van der Waals surface area contributed by atoms with Crippen molar-refractivity contribution in [1.82, 2.24) is 24.6 Å². The minimum absolute atomic E-state index is 0.113. The van der Waals surface area contributed by atoms with Crippen molar-refractivity contribution < 1.29 is 14.3 Å². The summed E-state index contributed by atoms with van der Waals surface area (Å²) in [5.74, 6) is 1.37. The van der Waals surface area contributed by atoms with Crippen LogP contribution in [0.15, 0.2) is 29.6 Å². The molecule has 1 fully saturated rings. The van der Waals surface area contributed by atoms with E-state index in [1.165, 1.54) is 11.3 Å². The summed E-state index contributed by atoms with van der Waals surface area (Å²) in [5.41, 5.74) is 1.86. The molecule has 1 aliphatic heterocycles. The average molecular weight is 475 g/mol. The number of benzene rings is 1. The number of carbonyl (C=O) groups excluding carboxylic acids is 1. The summed E-state index contributed by atoms with van der Waals surface area (Å²) >= 11 is 6.81. The van der Waals surface area contributed by atoms with Crippen LogP contribution in [0.1, 0.15) is 19.0 Å². The normalized spacial score (nSPS) is 14.4. The molecule has 1 saturated heterocycles. The number of nitrogens with zero attached hydrogens (tertiary/aromatic N) is 4. The van der Waals surface area contributed by atoms with Gasteiger partial charge in [-0.1, -0.05) is 0 Å². The van der Waals surface area contributed by atoms with E-state index < -0.39 is 0 Å². The van der Waals surface area contributed by atoms with Gasteiger partial charge in [0.2, 0.25) is 5.91 Å². The lowest BCUT2D eigenvalue weighted by Crippen LogP contribution is -2.35. The van der Waals surface area contributed by atoms with Gasteiger partial charge in [0.05, 0.1) is 25.5 Å². The molecule has 0 saturated carbocycles. The van der Waals surface area contributed by atoms with Crippen LogP contribution in [0.25, 0.3) is 11.4 Å². The summed E-state index contributed by atoms with van der Waals surface area (Å²) in [6.45, 7) is 7.05. The van der Waals surface area contributed by atoms with Crippen molar-refractivity contribution in [2.45, 2.75) is 26.4 Å². The molecule has 3 aromatic rings. The fourth-order valence-electron chi connectivity index (χ4n) is 3.43. The van der Waals surface area contributed by atoms with Gasteiger partial charge in [-0.25, -0.2) is 4.98 Å². The predicted octanol–water partition coefficient (Wildman–Crippen LogP) is 3.32. The summed E-state index contributed by atoms with van der Waals surface area (Å²) in [7, 11) is 0. The first-order valence-corrected chi connectivity index (χ1v) is 11.8. The summed E-state index contributed by atoms with van der Waals surface area (Å²) in [6.07, 6.45) is 0.260. The molecular weight excluding hydrogens is 448 g/mol. The van der Waals surface area contributed by atoms with Gasteiger partial charge in [-0.3, -0.25) is 19.4 Å². The zero-order chi connectivity index (χ0) is 22.3. The highest BCUT2D eigenvalue weighted by Crippen LogP contribution is 2.22. The highest BCUT2D eigenvalue weighted by Gasteiger charge is 2.15. The van der Waals surface area contributed by atoms with Gasteiger partial charge in [-0.15, -0.1) is 11.3 Å². The molecule has 3 heterocycles. The molecule has 9 nitrogen and oxygen atoms in total. The Hall–Kier alpha value is -2.60. The van der Waals surface area contributed by atoms with Gasteiger partial charge in [-0.2, -0.15) is 5.10 Å². The van der Waals surface area contributed by atoms with Crippen LogP contribution in [0.3, 0.4) is 0 Å². The van der Waals surface area contributed by atoms with E-state index in [0.717, 1.165) is 49.9 Å². The molecule has 170 valence electrons. The number of aromatic nitrogens is 4. The molecule has 1 aliphatic rings. The van der Waals surface area contributed by atoms with Gasteiger partial charge >= 0.3 is 0 Å². The second kappa shape index (κ2) is 10.8. The zero-order valence-electron chi connectivity index (χ0n) is 17.9. The third kappa shape index (κ3) is 5.80. The SMILES string of the molecule is CCOc1ccc(-c2n[nH]c(=S)n2CCC(=O)Nc2nc(CN3CCOCC3)cs2)cc1. The predicted molar refractivity (Wildman–Crippen MR) is 125 cm³/mol. The molecule has 2 N–H and O–H groups in total. The standard InChI is InChI=1S/C21H26N6O3S2/c1-2-30-17-5-3-15(4-6-17)19-24-25-21(31)27(19)8-7-18(28)23-20-22-16(14-32-20)13-26-9-11-29-12-10-26/h3-6,14H,2,7-13H2,1H3,(H,25,31)(H,22,23,28). The Kier molecular flexibility index (Phi) is 7.63. The molecule has 0 radical (unpaired) electrons. The first-order chi connectivity index (χ1) is 15.6. The van der Waals surface area contributed by atoms with Crippen LogP contribution in [0.4, 0.5) is 5.13 Å². The van der Waals surface area contributed by atoms with Gasteiger partial charge < -0.3 is 14.8 Å². The van der Waals surface area contributed by atoms with Crippen molar-refractivity contribution in [2.75, 3.05) is 38.2 Å². The molecule has 0 spiro atoms. The summed E-state index contributed by atoms with van der Waals surface area (Å²) in [5, 5.41) is 12.6. The van der Waals surface area contributed by atoms with Crippen molar-refractivity contribution >= 4 is 34.6 Å². The molecule has 2 aromatic heterocycles. The number of anilines is 1. The number of carbonyl (C=O) groups is 1. The first kappa shape index (κ1) is 22.6. The Morgan fingerprint density at radius 1 is 1.31 bits per heavy atom.